The predicted octanol–water partition coefficient (Wildman–Crippen LogP) is 3.18. The van der Waals surface area contributed by atoms with Gasteiger partial charge in [-0.15, -0.1) is 0 Å². The maximum absolute atomic E-state index is 13.4. The fourth-order valence-electron chi connectivity index (χ4n) is 2.99. The second kappa shape index (κ2) is 7.67. The molecule has 1 saturated heterocycles. The molecule has 1 fully saturated rings. The molecule has 0 bridgehead atoms. The van der Waals surface area contributed by atoms with E-state index in [1.54, 1.807) is 11.9 Å². The van der Waals surface area contributed by atoms with Crippen LogP contribution in [0.4, 0.5) is 19.1 Å². The zero-order valence-corrected chi connectivity index (χ0v) is 16.2. The van der Waals surface area contributed by atoms with Crippen LogP contribution in [0.2, 0.25) is 0 Å². The van der Waals surface area contributed by atoms with Crippen molar-refractivity contribution in [3.05, 3.63) is 36.0 Å². The maximum atomic E-state index is 13.4. The quantitative estimate of drug-likeness (QED) is 0.764. The fourth-order valence-corrected chi connectivity index (χ4v) is 3.62. The van der Waals surface area contributed by atoms with Crippen molar-refractivity contribution in [3.63, 3.8) is 0 Å². The smallest absolute Gasteiger partial charge is 0.381 e. The molecule has 0 atom stereocenters. The van der Waals surface area contributed by atoms with E-state index in [0.717, 1.165) is 12.3 Å². The van der Waals surface area contributed by atoms with Gasteiger partial charge in [0.25, 0.3) is 0 Å². The Balaban J connectivity index is 2.03. The van der Waals surface area contributed by atoms with Crippen molar-refractivity contribution in [1.29, 1.82) is 0 Å². The lowest BCUT2D eigenvalue weighted by Gasteiger charge is -2.31. The summed E-state index contributed by atoms with van der Waals surface area (Å²) in [5.74, 6) is -0.0242. The molecule has 0 aliphatic carbocycles. The number of halogens is 3. The Labute approximate surface area is 161 Å². The summed E-state index contributed by atoms with van der Waals surface area (Å²) in [7, 11) is -1.73. The summed E-state index contributed by atoms with van der Waals surface area (Å²) >= 11 is 0. The standard InChI is InChI=1S/C18H20F3N3O3S/c1-24(13-7-9-27-10-8-13)17-22-15(11-16(23-17)18(19,20)21)12-3-5-14(6-4-12)28(2,25)26/h3-6,11,13H,7-10H2,1-2H3. The molecule has 6 nitrogen and oxygen atoms in total. The average Bonchev–Trinajstić information content (AvgIpc) is 2.66. The third-order valence-corrected chi connectivity index (χ3v) is 5.77. The van der Waals surface area contributed by atoms with Crippen LogP contribution in [0.5, 0.6) is 0 Å². The number of hydrogen-bond donors (Lipinski definition) is 0. The highest BCUT2D eigenvalue weighted by Gasteiger charge is 2.34. The van der Waals surface area contributed by atoms with Crippen molar-refractivity contribution in [2.24, 2.45) is 0 Å². The number of sulfone groups is 1. The van der Waals surface area contributed by atoms with Gasteiger partial charge in [0, 0.05) is 38.1 Å². The Bertz CT molecular complexity index is 941. The summed E-state index contributed by atoms with van der Waals surface area (Å²) in [6.45, 7) is 1.07. The molecule has 1 aliphatic rings. The van der Waals surface area contributed by atoms with Crippen LogP contribution >= 0.6 is 0 Å². The van der Waals surface area contributed by atoms with E-state index in [4.69, 9.17) is 4.74 Å². The first-order valence-corrected chi connectivity index (χ1v) is 10.5. The summed E-state index contributed by atoms with van der Waals surface area (Å²) in [5, 5.41) is 0. The number of anilines is 1. The Kier molecular flexibility index (Phi) is 5.62. The molecule has 152 valence electrons. The minimum Gasteiger partial charge on any atom is -0.381 e. The van der Waals surface area contributed by atoms with Crippen molar-refractivity contribution in [2.45, 2.75) is 30.0 Å². The third kappa shape index (κ3) is 4.61. The topological polar surface area (TPSA) is 72.4 Å². The van der Waals surface area contributed by atoms with Gasteiger partial charge in [0.1, 0.15) is 0 Å². The number of hydrogen-bond acceptors (Lipinski definition) is 6. The molecule has 0 amide bonds. The van der Waals surface area contributed by atoms with Gasteiger partial charge in [-0.25, -0.2) is 18.4 Å². The van der Waals surface area contributed by atoms with Crippen LogP contribution in [0.15, 0.2) is 35.2 Å². The van der Waals surface area contributed by atoms with E-state index in [-0.39, 0.29) is 22.6 Å². The lowest BCUT2D eigenvalue weighted by molar-refractivity contribution is -0.141. The Morgan fingerprint density at radius 1 is 1.11 bits per heavy atom. The molecular weight excluding hydrogens is 395 g/mol. The van der Waals surface area contributed by atoms with Gasteiger partial charge in [0.05, 0.1) is 10.6 Å². The van der Waals surface area contributed by atoms with E-state index in [1.807, 2.05) is 0 Å². The molecule has 10 heteroatoms. The Morgan fingerprint density at radius 2 is 1.71 bits per heavy atom. The van der Waals surface area contributed by atoms with Crippen LogP contribution in [0, 0.1) is 0 Å². The third-order valence-electron chi connectivity index (χ3n) is 4.64. The zero-order valence-electron chi connectivity index (χ0n) is 15.4. The summed E-state index contributed by atoms with van der Waals surface area (Å²) in [6.07, 6.45) is -2.21. The summed E-state index contributed by atoms with van der Waals surface area (Å²) in [6, 6.07) is 6.44. The number of aromatic nitrogens is 2. The number of rotatable bonds is 4. The molecule has 0 N–H and O–H groups in total. The van der Waals surface area contributed by atoms with Gasteiger partial charge in [-0.1, -0.05) is 12.1 Å². The Hall–Kier alpha value is -2.20. The van der Waals surface area contributed by atoms with Gasteiger partial charge < -0.3 is 9.64 Å². The number of nitrogens with zero attached hydrogens (tertiary/aromatic N) is 3. The molecule has 0 radical (unpaired) electrons. The van der Waals surface area contributed by atoms with E-state index in [2.05, 4.69) is 9.97 Å². The van der Waals surface area contributed by atoms with Crippen LogP contribution in [0.1, 0.15) is 18.5 Å². The fraction of sp³-hybridized carbons (Fsp3) is 0.444. The monoisotopic (exact) mass is 415 g/mol. The van der Waals surface area contributed by atoms with E-state index in [1.165, 1.54) is 24.3 Å². The van der Waals surface area contributed by atoms with Gasteiger partial charge in [-0.05, 0) is 31.0 Å². The SMILES string of the molecule is CN(c1nc(-c2ccc(S(C)(=O)=O)cc2)cc(C(F)(F)F)n1)C1CCOCC1. The van der Waals surface area contributed by atoms with Gasteiger partial charge in [-0.2, -0.15) is 13.2 Å². The first-order valence-electron chi connectivity index (χ1n) is 8.63. The number of alkyl halides is 3. The molecule has 0 unspecified atom stereocenters. The molecule has 2 aromatic rings. The normalized spacial score (nSPS) is 16.2. The zero-order chi connectivity index (χ0) is 20.5. The van der Waals surface area contributed by atoms with E-state index in [0.29, 0.717) is 31.6 Å². The molecule has 2 heterocycles. The highest BCUT2D eigenvalue weighted by atomic mass is 32.2. The summed E-state index contributed by atoms with van der Waals surface area (Å²) in [4.78, 5) is 9.75. The summed E-state index contributed by atoms with van der Waals surface area (Å²) in [5.41, 5.74) is -0.586. The largest absolute Gasteiger partial charge is 0.433 e. The molecule has 1 aromatic heterocycles. The van der Waals surface area contributed by atoms with E-state index < -0.39 is 21.7 Å². The van der Waals surface area contributed by atoms with Gasteiger partial charge >= 0.3 is 6.18 Å². The highest BCUT2D eigenvalue weighted by molar-refractivity contribution is 7.90. The van der Waals surface area contributed by atoms with Crippen LogP contribution in [0.3, 0.4) is 0 Å². The van der Waals surface area contributed by atoms with Crippen molar-refractivity contribution in [1.82, 2.24) is 9.97 Å². The van der Waals surface area contributed by atoms with Crippen molar-refractivity contribution >= 4 is 15.8 Å². The van der Waals surface area contributed by atoms with Gasteiger partial charge in [-0.3, -0.25) is 0 Å². The second-order valence-electron chi connectivity index (χ2n) is 6.69. The lowest BCUT2D eigenvalue weighted by Crippen LogP contribution is -2.38. The minimum atomic E-state index is -4.63. The van der Waals surface area contributed by atoms with Gasteiger partial charge in [0.2, 0.25) is 5.95 Å². The van der Waals surface area contributed by atoms with Crippen LogP contribution < -0.4 is 4.90 Å². The molecule has 28 heavy (non-hydrogen) atoms. The molecule has 1 aromatic carbocycles. The molecule has 0 saturated carbocycles. The molecule has 0 spiro atoms. The first kappa shape index (κ1) is 20.5. The van der Waals surface area contributed by atoms with Crippen LogP contribution in [-0.4, -0.2) is 50.9 Å². The van der Waals surface area contributed by atoms with Crippen LogP contribution in [-0.2, 0) is 20.8 Å². The van der Waals surface area contributed by atoms with E-state index >= 15 is 0 Å². The lowest BCUT2D eigenvalue weighted by atomic mass is 10.1. The number of benzene rings is 1. The van der Waals surface area contributed by atoms with Crippen molar-refractivity contribution in [2.75, 3.05) is 31.4 Å². The molecule has 3 rings (SSSR count). The molecule has 1 aliphatic heterocycles. The van der Waals surface area contributed by atoms with Crippen LogP contribution in [0.25, 0.3) is 11.3 Å². The highest BCUT2D eigenvalue weighted by Crippen LogP contribution is 2.32. The van der Waals surface area contributed by atoms with Gasteiger partial charge in [0.15, 0.2) is 15.5 Å². The predicted molar refractivity (Wildman–Crippen MR) is 97.8 cm³/mol. The van der Waals surface area contributed by atoms with Crippen molar-refractivity contribution in [3.8, 4) is 11.3 Å². The number of ether oxygens (including phenoxy) is 1. The van der Waals surface area contributed by atoms with E-state index in [9.17, 15) is 21.6 Å². The first-order chi connectivity index (χ1) is 13.1. The van der Waals surface area contributed by atoms with Crippen molar-refractivity contribution < 1.29 is 26.3 Å². The maximum Gasteiger partial charge on any atom is 0.433 e. The molecular formula is C18H20F3N3O3S. The average molecular weight is 415 g/mol. The minimum absolute atomic E-state index is 0.0160. The summed E-state index contributed by atoms with van der Waals surface area (Å²) < 4.78 is 68.6. The second-order valence-corrected chi connectivity index (χ2v) is 8.70. The Morgan fingerprint density at radius 3 is 2.25 bits per heavy atom.